The zero-order valence-electron chi connectivity index (χ0n) is 18.7. The molecule has 3 rings (SSSR count). The maximum atomic E-state index is 13.2. The average Bonchev–Trinajstić information content (AvgIpc) is 2.72. The zero-order valence-corrected chi connectivity index (χ0v) is 19.5. The predicted octanol–water partition coefficient (Wildman–Crippen LogP) is 5.89. The maximum absolute atomic E-state index is 13.2. The lowest BCUT2D eigenvalue weighted by atomic mass is 9.76. The van der Waals surface area contributed by atoms with Crippen molar-refractivity contribution < 1.29 is 9.90 Å². The molecule has 2 aromatic rings. The van der Waals surface area contributed by atoms with Gasteiger partial charge >= 0.3 is 0 Å². The monoisotopic (exact) mass is 424 g/mol. The van der Waals surface area contributed by atoms with Crippen LogP contribution in [0.15, 0.2) is 35.4 Å². The van der Waals surface area contributed by atoms with Crippen LogP contribution >= 0.6 is 11.8 Å². The van der Waals surface area contributed by atoms with Gasteiger partial charge in [-0.25, -0.2) is 9.97 Å². The van der Waals surface area contributed by atoms with E-state index in [2.05, 4.69) is 49.8 Å². The summed E-state index contributed by atoms with van der Waals surface area (Å²) in [6, 6.07) is 4.30. The Labute approximate surface area is 184 Å². The average molecular weight is 425 g/mol. The number of carbonyl (C=O) groups excluding carboxylic acids is 1. The normalized spacial score (nSPS) is 18.0. The van der Waals surface area contributed by atoms with E-state index in [-0.39, 0.29) is 23.4 Å². The van der Waals surface area contributed by atoms with Crippen LogP contribution in [0.4, 0.5) is 0 Å². The lowest BCUT2D eigenvalue weighted by molar-refractivity contribution is -0.115. The minimum atomic E-state index is 0.0699. The van der Waals surface area contributed by atoms with Crippen LogP contribution in [0.2, 0.25) is 0 Å². The van der Waals surface area contributed by atoms with Crippen LogP contribution < -0.4 is 0 Å². The lowest BCUT2D eigenvalue weighted by Crippen LogP contribution is -2.25. The molecule has 1 aromatic carbocycles. The van der Waals surface area contributed by atoms with E-state index in [4.69, 9.17) is 0 Å². The van der Waals surface area contributed by atoms with Gasteiger partial charge in [0.1, 0.15) is 5.76 Å². The summed E-state index contributed by atoms with van der Waals surface area (Å²) in [5.41, 5.74) is 6.09. The minimum Gasteiger partial charge on any atom is -0.512 e. The molecule has 1 aliphatic rings. The lowest BCUT2D eigenvalue weighted by Gasteiger charge is -2.29. The number of ketones is 1. The van der Waals surface area contributed by atoms with Crippen LogP contribution in [0, 0.1) is 25.7 Å². The number of allylic oxidation sites excluding steroid dienone is 2. The van der Waals surface area contributed by atoms with E-state index in [0.717, 1.165) is 46.0 Å². The summed E-state index contributed by atoms with van der Waals surface area (Å²) in [5.74, 6) is 1.57. The number of hydrogen-bond acceptors (Lipinski definition) is 5. The molecule has 160 valence electrons. The Morgan fingerprint density at radius 3 is 2.20 bits per heavy atom. The predicted molar refractivity (Wildman–Crippen MR) is 124 cm³/mol. The molecule has 0 saturated carbocycles. The van der Waals surface area contributed by atoms with Crippen LogP contribution in [0.25, 0.3) is 5.57 Å². The Kier molecular flexibility index (Phi) is 7.35. The number of aliphatic hydroxyl groups excluding tert-OH is 1. The highest BCUT2D eigenvalue weighted by atomic mass is 32.2. The van der Waals surface area contributed by atoms with Crippen molar-refractivity contribution in [1.29, 1.82) is 0 Å². The molecule has 4 nitrogen and oxygen atoms in total. The zero-order chi connectivity index (χ0) is 21.8. The van der Waals surface area contributed by atoms with E-state index in [1.165, 1.54) is 5.56 Å². The molecule has 0 saturated heterocycles. The van der Waals surface area contributed by atoms with Crippen molar-refractivity contribution in [3.05, 3.63) is 58.1 Å². The number of thioether (sulfide) groups is 1. The fraction of sp³-hybridized carbons (Fsp3) is 0.480. The highest BCUT2D eigenvalue weighted by molar-refractivity contribution is 7.99. The van der Waals surface area contributed by atoms with E-state index >= 15 is 0 Å². The summed E-state index contributed by atoms with van der Waals surface area (Å²) in [7, 11) is 0. The van der Waals surface area contributed by atoms with Crippen molar-refractivity contribution in [2.24, 2.45) is 11.8 Å². The number of benzene rings is 1. The number of aromatic nitrogens is 2. The first-order valence-electron chi connectivity index (χ1n) is 10.8. The van der Waals surface area contributed by atoms with Gasteiger partial charge in [0.2, 0.25) is 0 Å². The van der Waals surface area contributed by atoms with E-state index < -0.39 is 0 Å². The SMILES string of the molecule is CCc1cc(C)cc(CC)c1C1=C(O)CC(C(C)CSc2ncc(C)cn2)CC1=O. The van der Waals surface area contributed by atoms with Gasteiger partial charge in [-0.05, 0) is 60.8 Å². The Morgan fingerprint density at radius 2 is 1.67 bits per heavy atom. The fourth-order valence-electron chi connectivity index (χ4n) is 4.23. The first-order valence-corrected chi connectivity index (χ1v) is 11.8. The molecule has 1 N–H and O–H groups in total. The molecule has 0 bridgehead atoms. The van der Waals surface area contributed by atoms with Crippen molar-refractivity contribution in [2.75, 3.05) is 5.75 Å². The maximum Gasteiger partial charge on any atom is 0.187 e. The van der Waals surface area contributed by atoms with E-state index in [0.29, 0.717) is 18.4 Å². The topological polar surface area (TPSA) is 63.1 Å². The highest BCUT2D eigenvalue weighted by Crippen LogP contribution is 2.39. The van der Waals surface area contributed by atoms with Crippen LogP contribution in [-0.2, 0) is 17.6 Å². The molecule has 0 aliphatic heterocycles. The Bertz CT molecular complexity index is 925. The van der Waals surface area contributed by atoms with Gasteiger partial charge in [0, 0.05) is 31.0 Å². The number of hydrogen-bond donors (Lipinski definition) is 1. The van der Waals surface area contributed by atoms with Gasteiger partial charge in [0.25, 0.3) is 0 Å². The van der Waals surface area contributed by atoms with Gasteiger partial charge < -0.3 is 5.11 Å². The van der Waals surface area contributed by atoms with Crippen molar-refractivity contribution >= 4 is 23.1 Å². The number of nitrogens with zero attached hydrogens (tertiary/aromatic N) is 2. The number of Topliss-reactive ketones (excluding diaryl/α,β-unsaturated/α-hetero) is 1. The minimum absolute atomic E-state index is 0.0699. The number of aryl methyl sites for hydroxylation is 4. The third-order valence-electron chi connectivity index (χ3n) is 5.97. The number of rotatable bonds is 7. The molecule has 2 unspecified atom stereocenters. The van der Waals surface area contributed by atoms with Gasteiger partial charge in [-0.3, -0.25) is 4.79 Å². The molecule has 0 spiro atoms. The second-order valence-corrected chi connectivity index (χ2v) is 9.40. The largest absolute Gasteiger partial charge is 0.512 e. The molecule has 1 aliphatic carbocycles. The molecule has 1 aromatic heterocycles. The summed E-state index contributed by atoms with van der Waals surface area (Å²) >= 11 is 1.61. The summed E-state index contributed by atoms with van der Waals surface area (Å²) in [4.78, 5) is 21.9. The standard InChI is InChI=1S/C25H32N2O2S/c1-6-18-8-15(3)9-19(7-2)23(18)24-21(28)10-20(11-22(24)29)17(5)14-30-25-26-12-16(4)13-27-25/h8-9,12-13,17,20,28H,6-7,10-11,14H2,1-5H3. The van der Waals surface area contributed by atoms with Crippen LogP contribution in [0.5, 0.6) is 0 Å². The Balaban J connectivity index is 1.80. The summed E-state index contributed by atoms with van der Waals surface area (Å²) in [5, 5.41) is 11.7. The molecule has 30 heavy (non-hydrogen) atoms. The molecule has 0 fully saturated rings. The van der Waals surface area contributed by atoms with E-state index in [9.17, 15) is 9.90 Å². The molecular formula is C25H32N2O2S. The van der Waals surface area contributed by atoms with Crippen molar-refractivity contribution in [2.45, 2.75) is 65.5 Å². The van der Waals surface area contributed by atoms with Gasteiger partial charge in [0.15, 0.2) is 10.9 Å². The molecule has 0 radical (unpaired) electrons. The highest BCUT2D eigenvalue weighted by Gasteiger charge is 2.33. The first kappa shape index (κ1) is 22.5. The van der Waals surface area contributed by atoms with Crippen LogP contribution in [0.3, 0.4) is 0 Å². The van der Waals surface area contributed by atoms with Gasteiger partial charge in [-0.2, -0.15) is 0 Å². The quantitative estimate of drug-likeness (QED) is 0.443. The molecule has 2 atom stereocenters. The molecule has 0 amide bonds. The summed E-state index contributed by atoms with van der Waals surface area (Å²) in [6.45, 7) is 10.4. The summed E-state index contributed by atoms with van der Waals surface area (Å²) < 4.78 is 0. The van der Waals surface area contributed by atoms with Gasteiger partial charge in [0.05, 0.1) is 5.57 Å². The number of aliphatic hydroxyl groups is 1. The van der Waals surface area contributed by atoms with Gasteiger partial charge in [-0.1, -0.05) is 50.2 Å². The third kappa shape index (κ3) is 4.94. The van der Waals surface area contributed by atoms with Crippen LogP contribution in [0.1, 0.15) is 61.4 Å². The molecule has 5 heteroatoms. The Morgan fingerprint density at radius 1 is 1.07 bits per heavy atom. The van der Waals surface area contributed by atoms with Crippen molar-refractivity contribution in [3.63, 3.8) is 0 Å². The van der Waals surface area contributed by atoms with Crippen LogP contribution in [-0.4, -0.2) is 26.6 Å². The first-order chi connectivity index (χ1) is 14.3. The Hall–Kier alpha value is -2.14. The second kappa shape index (κ2) is 9.78. The second-order valence-electron chi connectivity index (χ2n) is 8.41. The van der Waals surface area contributed by atoms with Crippen molar-refractivity contribution in [3.8, 4) is 0 Å². The summed E-state index contributed by atoms with van der Waals surface area (Å²) in [6.07, 6.45) is 6.38. The van der Waals surface area contributed by atoms with Crippen molar-refractivity contribution in [1.82, 2.24) is 9.97 Å². The smallest absolute Gasteiger partial charge is 0.187 e. The molecule has 1 heterocycles. The van der Waals surface area contributed by atoms with E-state index in [1.807, 2.05) is 19.3 Å². The molecular weight excluding hydrogens is 392 g/mol. The third-order valence-corrected chi connectivity index (χ3v) is 7.13. The van der Waals surface area contributed by atoms with E-state index in [1.54, 1.807) is 11.8 Å². The van der Waals surface area contributed by atoms with Gasteiger partial charge in [-0.15, -0.1) is 0 Å². The number of carbonyl (C=O) groups is 1. The fourth-order valence-corrected chi connectivity index (χ4v) is 5.17.